The van der Waals surface area contributed by atoms with E-state index in [4.69, 9.17) is 0 Å². The van der Waals surface area contributed by atoms with E-state index in [0.717, 1.165) is 25.8 Å². The quantitative estimate of drug-likeness (QED) is 0.731. The van der Waals surface area contributed by atoms with Crippen LogP contribution >= 0.6 is 0 Å². The van der Waals surface area contributed by atoms with Gasteiger partial charge < -0.3 is 4.90 Å². The minimum absolute atomic E-state index is 0.00523. The van der Waals surface area contributed by atoms with Crippen LogP contribution in [-0.4, -0.2) is 36.3 Å². The largest absolute Gasteiger partial charge is 0.303 e. The van der Waals surface area contributed by atoms with Crippen molar-refractivity contribution in [2.24, 2.45) is 17.3 Å². The number of carbonyl (C=O) groups excluding carboxylic acids is 2. The van der Waals surface area contributed by atoms with Crippen LogP contribution in [0.25, 0.3) is 0 Å². The summed E-state index contributed by atoms with van der Waals surface area (Å²) in [4.78, 5) is 26.6. The number of nitrogens with zero attached hydrogens (tertiary/aromatic N) is 1. The second-order valence-electron chi connectivity index (χ2n) is 6.94. The highest BCUT2D eigenvalue weighted by atomic mass is 16.2. The summed E-state index contributed by atoms with van der Waals surface area (Å²) < 4.78 is 0. The minimum Gasteiger partial charge on any atom is -0.303 e. The molecule has 3 rings (SSSR count). The van der Waals surface area contributed by atoms with E-state index in [-0.39, 0.29) is 23.1 Å². The fraction of sp³-hybridized carbons (Fsp3) is 0.867. The molecule has 4 heteroatoms. The Labute approximate surface area is 114 Å². The standard InChI is InChI=1S/C15H24N2O2/c1-10-7-15(9-17(10)2)8-12(18)16-14(19)13(15)11-5-3-4-6-11/h10-11,13H,3-9H2,1-2H3,(H,16,18,19). The third-order valence-corrected chi connectivity index (χ3v) is 5.61. The molecule has 3 fully saturated rings. The molecule has 1 saturated carbocycles. The second kappa shape index (κ2) is 4.58. The second-order valence-corrected chi connectivity index (χ2v) is 6.94. The predicted molar refractivity (Wildman–Crippen MR) is 72.4 cm³/mol. The average molecular weight is 264 g/mol. The zero-order valence-corrected chi connectivity index (χ0v) is 11.9. The Bertz CT molecular complexity index is 391. The Balaban J connectivity index is 1.92. The molecule has 1 N–H and O–H groups in total. The van der Waals surface area contributed by atoms with E-state index in [1.165, 1.54) is 12.8 Å². The van der Waals surface area contributed by atoms with Gasteiger partial charge in [-0.15, -0.1) is 0 Å². The maximum Gasteiger partial charge on any atom is 0.230 e. The molecule has 2 saturated heterocycles. The van der Waals surface area contributed by atoms with Crippen molar-refractivity contribution in [3.05, 3.63) is 0 Å². The number of hydrogen-bond acceptors (Lipinski definition) is 3. The molecular weight excluding hydrogens is 240 g/mol. The van der Waals surface area contributed by atoms with Gasteiger partial charge in [0.15, 0.2) is 0 Å². The maximum atomic E-state index is 12.4. The molecule has 0 aromatic heterocycles. The highest BCUT2D eigenvalue weighted by Gasteiger charge is 2.55. The van der Waals surface area contributed by atoms with Gasteiger partial charge in [-0.3, -0.25) is 14.9 Å². The molecule has 3 aliphatic rings. The van der Waals surface area contributed by atoms with Crippen LogP contribution in [0, 0.1) is 17.3 Å². The molecule has 3 unspecified atom stereocenters. The summed E-state index contributed by atoms with van der Waals surface area (Å²) in [7, 11) is 2.11. The minimum atomic E-state index is -0.0947. The van der Waals surface area contributed by atoms with E-state index in [0.29, 0.717) is 18.4 Å². The summed E-state index contributed by atoms with van der Waals surface area (Å²) >= 11 is 0. The molecule has 0 bridgehead atoms. The number of likely N-dealkylation sites (tertiary alicyclic amines) is 1. The molecule has 1 spiro atoms. The molecule has 106 valence electrons. The molecule has 4 nitrogen and oxygen atoms in total. The first-order chi connectivity index (χ1) is 9.02. The van der Waals surface area contributed by atoms with Gasteiger partial charge in [-0.05, 0) is 39.2 Å². The lowest BCUT2D eigenvalue weighted by molar-refractivity contribution is -0.145. The van der Waals surface area contributed by atoms with Crippen molar-refractivity contribution >= 4 is 11.8 Å². The van der Waals surface area contributed by atoms with Crippen molar-refractivity contribution in [3.8, 4) is 0 Å². The lowest BCUT2D eigenvalue weighted by atomic mass is 9.63. The van der Waals surface area contributed by atoms with E-state index in [9.17, 15) is 9.59 Å². The van der Waals surface area contributed by atoms with Crippen LogP contribution in [0.1, 0.15) is 45.4 Å². The van der Waals surface area contributed by atoms with Crippen LogP contribution in [0.15, 0.2) is 0 Å². The zero-order chi connectivity index (χ0) is 13.6. The fourth-order valence-electron chi connectivity index (χ4n) is 4.79. The Morgan fingerprint density at radius 1 is 1.26 bits per heavy atom. The monoisotopic (exact) mass is 264 g/mol. The fourth-order valence-corrected chi connectivity index (χ4v) is 4.79. The van der Waals surface area contributed by atoms with Crippen LogP contribution < -0.4 is 5.32 Å². The molecule has 1 aliphatic carbocycles. The van der Waals surface area contributed by atoms with E-state index >= 15 is 0 Å². The predicted octanol–water partition coefficient (Wildman–Crippen LogP) is 1.55. The van der Waals surface area contributed by atoms with E-state index in [1.54, 1.807) is 0 Å². The number of piperidine rings is 1. The van der Waals surface area contributed by atoms with E-state index in [1.807, 2.05) is 0 Å². The molecule has 2 amide bonds. The smallest absolute Gasteiger partial charge is 0.230 e. The Morgan fingerprint density at radius 2 is 1.95 bits per heavy atom. The third kappa shape index (κ3) is 2.10. The van der Waals surface area contributed by atoms with Crippen molar-refractivity contribution in [2.75, 3.05) is 13.6 Å². The molecular formula is C15H24N2O2. The number of imide groups is 1. The zero-order valence-electron chi connectivity index (χ0n) is 11.9. The molecule has 2 aliphatic heterocycles. The number of carbonyl (C=O) groups is 2. The summed E-state index contributed by atoms with van der Waals surface area (Å²) in [5, 5.41) is 2.59. The van der Waals surface area contributed by atoms with Gasteiger partial charge >= 0.3 is 0 Å². The van der Waals surface area contributed by atoms with Crippen LogP contribution in [0.3, 0.4) is 0 Å². The van der Waals surface area contributed by atoms with E-state index in [2.05, 4.69) is 24.2 Å². The van der Waals surface area contributed by atoms with E-state index < -0.39 is 0 Å². The van der Waals surface area contributed by atoms with Gasteiger partial charge in [0, 0.05) is 30.3 Å². The number of nitrogens with one attached hydrogen (secondary N) is 1. The van der Waals surface area contributed by atoms with Crippen molar-refractivity contribution in [2.45, 2.75) is 51.5 Å². The Hall–Kier alpha value is -0.900. The number of hydrogen-bond donors (Lipinski definition) is 1. The summed E-state index contributed by atoms with van der Waals surface area (Å²) in [5.41, 5.74) is -0.0947. The molecule has 0 radical (unpaired) electrons. The van der Waals surface area contributed by atoms with Gasteiger partial charge in [0.2, 0.25) is 11.8 Å². The Morgan fingerprint density at radius 3 is 2.53 bits per heavy atom. The first kappa shape index (κ1) is 13.1. The Kier molecular flexibility index (Phi) is 3.16. The molecule has 0 aromatic carbocycles. The van der Waals surface area contributed by atoms with Gasteiger partial charge in [0.25, 0.3) is 0 Å². The lowest BCUT2D eigenvalue weighted by Crippen LogP contribution is -2.55. The van der Waals surface area contributed by atoms with Gasteiger partial charge in [0.1, 0.15) is 0 Å². The first-order valence-corrected chi connectivity index (χ1v) is 7.56. The molecule has 19 heavy (non-hydrogen) atoms. The van der Waals surface area contributed by atoms with Crippen LogP contribution in [0.5, 0.6) is 0 Å². The van der Waals surface area contributed by atoms with Crippen molar-refractivity contribution < 1.29 is 9.59 Å². The van der Waals surface area contributed by atoms with Crippen LogP contribution in [-0.2, 0) is 9.59 Å². The normalized spacial score (nSPS) is 41.2. The first-order valence-electron chi connectivity index (χ1n) is 7.56. The highest BCUT2D eigenvalue weighted by molar-refractivity contribution is 6.00. The highest BCUT2D eigenvalue weighted by Crippen LogP contribution is 2.51. The summed E-state index contributed by atoms with van der Waals surface area (Å²) in [6.07, 6.45) is 6.32. The summed E-state index contributed by atoms with van der Waals surface area (Å²) in [6.45, 7) is 3.10. The van der Waals surface area contributed by atoms with Gasteiger partial charge in [-0.2, -0.15) is 0 Å². The van der Waals surface area contributed by atoms with Crippen molar-refractivity contribution in [3.63, 3.8) is 0 Å². The lowest BCUT2D eigenvalue weighted by Gasteiger charge is -2.42. The topological polar surface area (TPSA) is 49.4 Å². The number of rotatable bonds is 1. The summed E-state index contributed by atoms with van der Waals surface area (Å²) in [5.74, 6) is 0.485. The number of amides is 2. The van der Waals surface area contributed by atoms with Gasteiger partial charge in [-0.1, -0.05) is 12.8 Å². The molecule has 0 aromatic rings. The molecule has 2 heterocycles. The van der Waals surface area contributed by atoms with Crippen molar-refractivity contribution in [1.29, 1.82) is 0 Å². The average Bonchev–Trinajstić information content (AvgIpc) is 2.88. The van der Waals surface area contributed by atoms with Gasteiger partial charge in [-0.25, -0.2) is 0 Å². The van der Waals surface area contributed by atoms with Crippen LogP contribution in [0.2, 0.25) is 0 Å². The van der Waals surface area contributed by atoms with Crippen LogP contribution in [0.4, 0.5) is 0 Å². The molecule has 3 atom stereocenters. The maximum absolute atomic E-state index is 12.4. The van der Waals surface area contributed by atoms with Gasteiger partial charge in [0.05, 0.1) is 0 Å². The third-order valence-electron chi connectivity index (χ3n) is 5.61. The summed E-state index contributed by atoms with van der Waals surface area (Å²) in [6, 6.07) is 0.475. The van der Waals surface area contributed by atoms with Crippen molar-refractivity contribution in [1.82, 2.24) is 10.2 Å². The SMILES string of the molecule is CC1CC2(CC(=O)NC(=O)C2C2CCCC2)CN1C.